The smallest absolute Gasteiger partial charge is 0.321 e. The molecule has 5 heteroatoms. The third-order valence-corrected chi connectivity index (χ3v) is 3.77. The highest BCUT2D eigenvalue weighted by Crippen LogP contribution is 2.28. The van der Waals surface area contributed by atoms with Gasteiger partial charge in [-0.2, -0.15) is 0 Å². The molecule has 0 N–H and O–H groups in total. The Morgan fingerprint density at radius 1 is 1.29 bits per heavy atom. The lowest BCUT2D eigenvalue weighted by atomic mass is 9.80. The van der Waals surface area contributed by atoms with Crippen molar-refractivity contribution in [1.29, 1.82) is 0 Å². The summed E-state index contributed by atoms with van der Waals surface area (Å²) in [6.45, 7) is 3.87. The van der Waals surface area contributed by atoms with E-state index in [2.05, 4.69) is 0 Å². The van der Waals surface area contributed by atoms with Gasteiger partial charge in [0.1, 0.15) is 5.41 Å². The summed E-state index contributed by atoms with van der Waals surface area (Å²) in [5, 5.41) is 0. The molecule has 0 radical (unpaired) electrons. The average molecular weight is 289 g/mol. The number of likely N-dealkylation sites (tertiary alicyclic amines) is 1. The monoisotopic (exact) mass is 289 g/mol. The number of esters is 1. The molecule has 1 aromatic carbocycles. The Balaban J connectivity index is 2.19. The summed E-state index contributed by atoms with van der Waals surface area (Å²) in [6, 6.07) is 8.85. The topological polar surface area (TPSA) is 63.7 Å². The summed E-state index contributed by atoms with van der Waals surface area (Å²) in [5.41, 5.74) is -0.711. The normalized spacial score (nSPS) is 22.0. The highest BCUT2D eigenvalue weighted by molar-refractivity contribution is 6.06. The first-order valence-electron chi connectivity index (χ1n) is 7.04. The summed E-state index contributed by atoms with van der Waals surface area (Å²) in [5.74, 6) is -0.891. The molecule has 0 spiro atoms. The molecule has 1 aromatic rings. The molecule has 0 aliphatic carbocycles. The van der Waals surface area contributed by atoms with Gasteiger partial charge in [0.15, 0.2) is 5.78 Å². The first kappa shape index (κ1) is 15.2. The van der Waals surface area contributed by atoms with E-state index >= 15 is 0 Å². The van der Waals surface area contributed by atoms with Crippen molar-refractivity contribution in [1.82, 2.24) is 4.90 Å². The minimum atomic E-state index is -1.27. The maximum atomic E-state index is 12.4. The van der Waals surface area contributed by atoms with Crippen LogP contribution in [0.2, 0.25) is 0 Å². The number of ether oxygens (including phenoxy) is 1. The van der Waals surface area contributed by atoms with Crippen LogP contribution in [-0.4, -0.2) is 42.3 Å². The molecule has 1 fully saturated rings. The Kier molecular flexibility index (Phi) is 4.40. The molecular formula is C16H19NO4. The molecule has 1 atom stereocenters. The first-order valence-corrected chi connectivity index (χ1v) is 7.04. The van der Waals surface area contributed by atoms with Gasteiger partial charge in [0.2, 0.25) is 0 Å². The van der Waals surface area contributed by atoms with Gasteiger partial charge in [-0.1, -0.05) is 18.2 Å². The Morgan fingerprint density at radius 3 is 2.57 bits per heavy atom. The van der Waals surface area contributed by atoms with Crippen LogP contribution in [0.1, 0.15) is 30.6 Å². The standard InChI is InChI=1S/C16H19NO4/c1-3-21-15(20)16(2)11-17(10-9-13(16)18)14(19)12-7-5-4-6-8-12/h4-8H,3,9-11H2,1-2H3. The van der Waals surface area contributed by atoms with E-state index in [1.54, 1.807) is 43.0 Å². The number of amides is 1. The number of nitrogens with zero attached hydrogens (tertiary/aromatic N) is 1. The van der Waals surface area contributed by atoms with Crippen molar-refractivity contribution in [3.63, 3.8) is 0 Å². The lowest BCUT2D eigenvalue weighted by Gasteiger charge is -2.37. The molecule has 112 valence electrons. The molecule has 0 aromatic heterocycles. The predicted octanol–water partition coefficient (Wildman–Crippen LogP) is 1.67. The molecule has 1 heterocycles. The van der Waals surface area contributed by atoms with Crippen LogP contribution in [0.3, 0.4) is 0 Å². The maximum absolute atomic E-state index is 12.4. The summed E-state index contributed by atoms with van der Waals surface area (Å²) in [7, 11) is 0. The van der Waals surface area contributed by atoms with Crippen LogP contribution in [-0.2, 0) is 14.3 Å². The molecule has 1 aliphatic heterocycles. The molecule has 0 bridgehead atoms. The number of piperidine rings is 1. The third-order valence-electron chi connectivity index (χ3n) is 3.77. The van der Waals surface area contributed by atoms with Crippen molar-refractivity contribution in [2.45, 2.75) is 20.3 Å². The quantitative estimate of drug-likeness (QED) is 0.627. The number of hydrogen-bond acceptors (Lipinski definition) is 4. The van der Waals surface area contributed by atoms with Crippen molar-refractivity contribution in [3.05, 3.63) is 35.9 Å². The average Bonchev–Trinajstić information content (AvgIpc) is 2.50. The van der Waals surface area contributed by atoms with Crippen molar-refractivity contribution in [2.24, 2.45) is 5.41 Å². The number of benzene rings is 1. The summed E-state index contributed by atoms with van der Waals surface area (Å²) < 4.78 is 4.99. The fraction of sp³-hybridized carbons (Fsp3) is 0.438. The van der Waals surface area contributed by atoms with Crippen molar-refractivity contribution in [2.75, 3.05) is 19.7 Å². The van der Waals surface area contributed by atoms with Crippen molar-refractivity contribution >= 4 is 17.7 Å². The van der Waals surface area contributed by atoms with Crippen LogP contribution in [0, 0.1) is 5.41 Å². The van der Waals surface area contributed by atoms with Crippen LogP contribution in [0.4, 0.5) is 0 Å². The zero-order valence-electron chi connectivity index (χ0n) is 12.3. The fourth-order valence-corrected chi connectivity index (χ4v) is 2.47. The van der Waals surface area contributed by atoms with Gasteiger partial charge in [0.25, 0.3) is 5.91 Å². The second-order valence-corrected chi connectivity index (χ2v) is 5.32. The van der Waals surface area contributed by atoms with Gasteiger partial charge in [-0.25, -0.2) is 0 Å². The molecule has 1 saturated heterocycles. The van der Waals surface area contributed by atoms with Gasteiger partial charge >= 0.3 is 5.97 Å². The van der Waals surface area contributed by atoms with E-state index in [1.165, 1.54) is 0 Å². The number of hydrogen-bond donors (Lipinski definition) is 0. The largest absolute Gasteiger partial charge is 0.465 e. The van der Waals surface area contributed by atoms with E-state index < -0.39 is 11.4 Å². The molecule has 1 aliphatic rings. The van der Waals surface area contributed by atoms with Gasteiger partial charge in [-0.05, 0) is 26.0 Å². The Bertz CT molecular complexity index is 555. The van der Waals surface area contributed by atoms with Crippen LogP contribution in [0.15, 0.2) is 30.3 Å². The number of Topliss-reactive ketones (excluding diaryl/α,β-unsaturated/α-hetero) is 1. The summed E-state index contributed by atoms with van der Waals surface area (Å²) in [6.07, 6.45) is 0.174. The number of ketones is 1. The molecular weight excluding hydrogens is 270 g/mol. The van der Waals surface area contributed by atoms with Crippen LogP contribution < -0.4 is 0 Å². The van der Waals surface area contributed by atoms with E-state index in [0.717, 1.165) is 0 Å². The number of rotatable bonds is 3. The van der Waals surface area contributed by atoms with Gasteiger partial charge in [-0.15, -0.1) is 0 Å². The predicted molar refractivity (Wildman–Crippen MR) is 76.7 cm³/mol. The van der Waals surface area contributed by atoms with E-state index in [4.69, 9.17) is 4.74 Å². The van der Waals surface area contributed by atoms with Crippen molar-refractivity contribution in [3.8, 4) is 0 Å². The van der Waals surface area contributed by atoms with Crippen LogP contribution in [0.25, 0.3) is 0 Å². The number of carbonyl (C=O) groups is 3. The maximum Gasteiger partial charge on any atom is 0.321 e. The highest BCUT2D eigenvalue weighted by atomic mass is 16.5. The van der Waals surface area contributed by atoms with E-state index in [9.17, 15) is 14.4 Å². The van der Waals surface area contributed by atoms with E-state index in [1.807, 2.05) is 6.07 Å². The van der Waals surface area contributed by atoms with E-state index in [-0.39, 0.29) is 31.3 Å². The minimum absolute atomic E-state index is 0.0679. The summed E-state index contributed by atoms with van der Waals surface area (Å²) in [4.78, 5) is 38.1. The van der Waals surface area contributed by atoms with Gasteiger partial charge in [-0.3, -0.25) is 14.4 Å². The molecule has 5 nitrogen and oxygen atoms in total. The third kappa shape index (κ3) is 2.96. The molecule has 0 saturated carbocycles. The second-order valence-electron chi connectivity index (χ2n) is 5.32. The lowest BCUT2D eigenvalue weighted by Crippen LogP contribution is -2.54. The van der Waals surface area contributed by atoms with Gasteiger partial charge in [0.05, 0.1) is 6.61 Å². The van der Waals surface area contributed by atoms with Crippen LogP contribution in [0.5, 0.6) is 0 Å². The molecule has 1 unspecified atom stereocenters. The number of carbonyl (C=O) groups excluding carboxylic acids is 3. The van der Waals surface area contributed by atoms with Crippen LogP contribution >= 0.6 is 0 Å². The minimum Gasteiger partial charge on any atom is -0.465 e. The summed E-state index contributed by atoms with van der Waals surface area (Å²) >= 11 is 0. The van der Waals surface area contributed by atoms with Gasteiger partial charge in [0, 0.05) is 25.1 Å². The first-order chi connectivity index (χ1) is 9.99. The molecule has 21 heavy (non-hydrogen) atoms. The van der Waals surface area contributed by atoms with Gasteiger partial charge < -0.3 is 9.64 Å². The van der Waals surface area contributed by atoms with E-state index in [0.29, 0.717) is 12.1 Å². The zero-order chi connectivity index (χ0) is 15.5. The Morgan fingerprint density at radius 2 is 1.95 bits per heavy atom. The fourth-order valence-electron chi connectivity index (χ4n) is 2.47. The Hall–Kier alpha value is -2.17. The second kappa shape index (κ2) is 6.08. The molecule has 1 amide bonds. The SMILES string of the molecule is CCOC(=O)C1(C)CN(C(=O)c2ccccc2)CCC1=O. The lowest BCUT2D eigenvalue weighted by molar-refractivity contribution is -0.161. The molecule has 2 rings (SSSR count). The highest BCUT2D eigenvalue weighted by Gasteiger charge is 2.47. The van der Waals surface area contributed by atoms with Crippen molar-refractivity contribution < 1.29 is 19.1 Å². The Labute approximate surface area is 123 Å². The zero-order valence-corrected chi connectivity index (χ0v) is 12.3.